The van der Waals surface area contributed by atoms with Crippen LogP contribution in [0.15, 0.2) is 36.4 Å². The van der Waals surface area contributed by atoms with Crippen LogP contribution < -0.4 is 10.1 Å². The third-order valence-corrected chi connectivity index (χ3v) is 5.48. The number of hydrogen-bond acceptors (Lipinski definition) is 3. The van der Waals surface area contributed by atoms with Gasteiger partial charge < -0.3 is 14.6 Å². The quantitative estimate of drug-likeness (QED) is 0.526. The summed E-state index contributed by atoms with van der Waals surface area (Å²) >= 11 is 6.23. The van der Waals surface area contributed by atoms with Crippen LogP contribution >= 0.6 is 11.6 Å². The Kier molecular flexibility index (Phi) is 6.80. The van der Waals surface area contributed by atoms with Crippen molar-refractivity contribution < 1.29 is 9.53 Å². The highest BCUT2D eigenvalue weighted by molar-refractivity contribution is 6.32. The Morgan fingerprint density at radius 1 is 1.21 bits per heavy atom. The second-order valence-corrected chi connectivity index (χ2v) is 7.99. The number of aromatic nitrogens is 2. The van der Waals surface area contributed by atoms with Gasteiger partial charge in [-0.15, -0.1) is 0 Å². The number of hydrogen-bond donors (Lipinski definition) is 1. The van der Waals surface area contributed by atoms with Gasteiger partial charge >= 0.3 is 0 Å². The van der Waals surface area contributed by atoms with Crippen LogP contribution in [-0.4, -0.2) is 22.1 Å². The summed E-state index contributed by atoms with van der Waals surface area (Å²) in [5.41, 5.74) is 4.04. The largest absolute Gasteiger partial charge is 0.494 e. The number of aryl methyl sites for hydroxylation is 3. The number of carbonyl (C=O) groups is 1. The fourth-order valence-corrected chi connectivity index (χ4v) is 3.39. The molecule has 0 atom stereocenters. The van der Waals surface area contributed by atoms with Gasteiger partial charge in [0.15, 0.2) is 0 Å². The lowest BCUT2D eigenvalue weighted by molar-refractivity contribution is -0.124. The molecule has 3 rings (SSSR count). The Hall–Kier alpha value is -2.53. The molecule has 5 nitrogen and oxygen atoms in total. The van der Waals surface area contributed by atoms with Gasteiger partial charge in [0.25, 0.3) is 0 Å². The van der Waals surface area contributed by atoms with E-state index < -0.39 is 0 Å². The van der Waals surface area contributed by atoms with Crippen molar-refractivity contribution in [2.24, 2.45) is 5.92 Å². The van der Waals surface area contributed by atoms with E-state index in [-0.39, 0.29) is 11.8 Å². The molecule has 1 aromatic heterocycles. The molecule has 6 heteroatoms. The minimum atomic E-state index is -0.0486. The van der Waals surface area contributed by atoms with Crippen LogP contribution in [0.25, 0.3) is 11.0 Å². The monoisotopic (exact) mass is 413 g/mol. The van der Waals surface area contributed by atoms with E-state index in [1.54, 1.807) is 0 Å². The molecule has 2 aromatic carbocycles. The second kappa shape index (κ2) is 9.31. The molecule has 0 unspecified atom stereocenters. The van der Waals surface area contributed by atoms with Gasteiger partial charge in [0.05, 0.1) is 24.2 Å². The van der Waals surface area contributed by atoms with Gasteiger partial charge in [-0.1, -0.05) is 37.6 Å². The maximum atomic E-state index is 12.0. The minimum Gasteiger partial charge on any atom is -0.494 e. The first-order valence-electron chi connectivity index (χ1n) is 9.98. The van der Waals surface area contributed by atoms with Gasteiger partial charge in [0.1, 0.15) is 11.6 Å². The van der Waals surface area contributed by atoms with E-state index in [9.17, 15) is 4.79 Å². The molecule has 0 fully saturated rings. The molecular weight excluding hydrogens is 386 g/mol. The lowest BCUT2D eigenvalue weighted by atomic mass is 10.1. The first-order valence-corrected chi connectivity index (χ1v) is 10.4. The Bertz CT molecular complexity index is 988. The van der Waals surface area contributed by atoms with E-state index in [2.05, 4.69) is 16.0 Å². The molecule has 0 spiro atoms. The van der Waals surface area contributed by atoms with Gasteiger partial charge in [-0.05, 0) is 55.7 Å². The summed E-state index contributed by atoms with van der Waals surface area (Å²) in [5, 5.41) is 3.76. The summed E-state index contributed by atoms with van der Waals surface area (Å²) in [6.45, 7) is 9.51. The van der Waals surface area contributed by atoms with Crippen LogP contribution in [0, 0.1) is 19.8 Å². The second-order valence-electron chi connectivity index (χ2n) is 7.61. The van der Waals surface area contributed by atoms with Crippen molar-refractivity contribution in [2.75, 3.05) is 6.61 Å². The maximum Gasteiger partial charge on any atom is 0.222 e. The zero-order valence-corrected chi connectivity index (χ0v) is 18.2. The SMILES string of the molecule is Cc1cc(OCCCn2c(CNC(=O)C(C)C)nc3ccccc32)cc(C)c1Cl. The number of nitrogens with one attached hydrogen (secondary N) is 1. The Morgan fingerprint density at radius 2 is 1.90 bits per heavy atom. The van der Waals surface area contributed by atoms with Crippen LogP contribution in [0.1, 0.15) is 37.2 Å². The van der Waals surface area contributed by atoms with Crippen molar-refractivity contribution in [3.63, 3.8) is 0 Å². The van der Waals surface area contributed by atoms with E-state index in [1.165, 1.54) is 0 Å². The number of fused-ring (bicyclic) bond motifs is 1. The van der Waals surface area contributed by atoms with E-state index >= 15 is 0 Å². The molecular formula is C23H28ClN3O2. The zero-order valence-electron chi connectivity index (χ0n) is 17.5. The third kappa shape index (κ3) is 5.10. The highest BCUT2D eigenvalue weighted by Crippen LogP contribution is 2.26. The van der Waals surface area contributed by atoms with Crippen LogP contribution in [0.5, 0.6) is 5.75 Å². The summed E-state index contributed by atoms with van der Waals surface area (Å²) in [5.74, 6) is 1.68. The molecule has 0 aliphatic rings. The number of para-hydroxylation sites is 2. The van der Waals surface area contributed by atoms with Gasteiger partial charge in [-0.25, -0.2) is 4.98 Å². The fourth-order valence-electron chi connectivity index (χ4n) is 3.28. The third-order valence-electron chi connectivity index (χ3n) is 4.88. The molecule has 3 aromatic rings. The molecule has 1 N–H and O–H groups in total. The van der Waals surface area contributed by atoms with Crippen LogP contribution in [0.2, 0.25) is 5.02 Å². The van der Waals surface area contributed by atoms with Crippen LogP contribution in [0.4, 0.5) is 0 Å². The summed E-state index contributed by atoms with van der Waals surface area (Å²) < 4.78 is 8.10. The molecule has 154 valence electrons. The van der Waals surface area contributed by atoms with Crippen molar-refractivity contribution in [1.29, 1.82) is 0 Å². The lowest BCUT2D eigenvalue weighted by Gasteiger charge is -2.13. The van der Waals surface area contributed by atoms with Crippen molar-refractivity contribution in [3.8, 4) is 5.75 Å². The highest BCUT2D eigenvalue weighted by Gasteiger charge is 2.13. The molecule has 1 amide bonds. The predicted molar refractivity (Wildman–Crippen MR) is 117 cm³/mol. The Morgan fingerprint density at radius 3 is 2.59 bits per heavy atom. The number of ether oxygens (including phenoxy) is 1. The summed E-state index contributed by atoms with van der Waals surface area (Å²) in [6, 6.07) is 12.0. The number of rotatable bonds is 8. The molecule has 1 heterocycles. The number of nitrogens with zero attached hydrogens (tertiary/aromatic N) is 2. The van der Waals surface area contributed by atoms with Gasteiger partial charge in [-0.3, -0.25) is 4.79 Å². The minimum absolute atomic E-state index is 0.0282. The summed E-state index contributed by atoms with van der Waals surface area (Å²) in [4.78, 5) is 16.7. The number of carbonyl (C=O) groups excluding carboxylic acids is 1. The van der Waals surface area contributed by atoms with E-state index in [0.29, 0.717) is 13.2 Å². The standard InChI is InChI=1S/C23H28ClN3O2/c1-15(2)23(28)25-14-21-26-19-8-5-6-9-20(19)27(21)10-7-11-29-18-12-16(3)22(24)17(4)13-18/h5-6,8-9,12-13,15H,7,10-11,14H2,1-4H3,(H,25,28). The lowest BCUT2D eigenvalue weighted by Crippen LogP contribution is -2.28. The molecule has 0 aliphatic carbocycles. The average molecular weight is 414 g/mol. The van der Waals surface area contributed by atoms with Crippen molar-refractivity contribution in [1.82, 2.24) is 14.9 Å². The van der Waals surface area contributed by atoms with E-state index in [4.69, 9.17) is 21.3 Å². The van der Waals surface area contributed by atoms with Gasteiger partial charge in [0.2, 0.25) is 5.91 Å². The summed E-state index contributed by atoms with van der Waals surface area (Å²) in [7, 11) is 0. The normalized spacial score (nSPS) is 11.2. The first kappa shape index (κ1) is 21.2. The first-order chi connectivity index (χ1) is 13.9. The topological polar surface area (TPSA) is 56.1 Å². The smallest absolute Gasteiger partial charge is 0.222 e. The van der Waals surface area contributed by atoms with Crippen LogP contribution in [-0.2, 0) is 17.9 Å². The number of imidazole rings is 1. The summed E-state index contributed by atoms with van der Waals surface area (Å²) in [6.07, 6.45) is 0.826. The molecule has 0 aliphatic heterocycles. The maximum absolute atomic E-state index is 12.0. The van der Waals surface area contributed by atoms with Crippen LogP contribution in [0.3, 0.4) is 0 Å². The van der Waals surface area contributed by atoms with E-state index in [1.807, 2.05) is 58.0 Å². The molecule has 0 bridgehead atoms. The molecule has 0 saturated heterocycles. The highest BCUT2D eigenvalue weighted by atomic mass is 35.5. The fraction of sp³-hybridized carbons (Fsp3) is 0.391. The average Bonchev–Trinajstić information content (AvgIpc) is 3.04. The number of amides is 1. The number of benzene rings is 2. The van der Waals surface area contributed by atoms with Gasteiger partial charge in [-0.2, -0.15) is 0 Å². The van der Waals surface area contributed by atoms with Crippen molar-refractivity contribution >= 4 is 28.5 Å². The molecule has 0 radical (unpaired) electrons. The van der Waals surface area contributed by atoms with Crippen molar-refractivity contribution in [2.45, 2.75) is 47.2 Å². The number of halogens is 1. The molecule has 29 heavy (non-hydrogen) atoms. The zero-order chi connectivity index (χ0) is 21.0. The molecule has 0 saturated carbocycles. The Labute approximate surface area is 177 Å². The van der Waals surface area contributed by atoms with Crippen molar-refractivity contribution in [3.05, 3.63) is 58.4 Å². The van der Waals surface area contributed by atoms with E-state index in [0.717, 1.165) is 51.7 Å². The van der Waals surface area contributed by atoms with Gasteiger partial charge in [0, 0.05) is 17.5 Å². The Balaban J connectivity index is 1.67. The predicted octanol–water partition coefficient (Wildman–Crippen LogP) is 5.05.